The number of anilines is 1. The minimum absolute atomic E-state index is 0.0179. The molecule has 46 heavy (non-hydrogen) atoms. The second-order valence-electron chi connectivity index (χ2n) is 10.8. The number of carbonyl (C=O) groups excluding carboxylic acids is 1. The Labute approximate surface area is 262 Å². The van der Waals surface area contributed by atoms with Crippen molar-refractivity contribution in [2.24, 2.45) is 4.99 Å². The first kappa shape index (κ1) is 33.9. The summed E-state index contributed by atoms with van der Waals surface area (Å²) in [6.07, 6.45) is -0.956. The fourth-order valence-corrected chi connectivity index (χ4v) is 5.18. The third-order valence-corrected chi connectivity index (χ3v) is 7.49. The number of alkyl halides is 3. The van der Waals surface area contributed by atoms with Crippen molar-refractivity contribution < 1.29 is 42.6 Å². The normalized spacial score (nSPS) is 14.7. The van der Waals surface area contributed by atoms with Crippen LogP contribution in [0.2, 0.25) is 0 Å². The Morgan fingerprint density at radius 3 is 2.20 bits per heavy atom. The largest absolute Gasteiger partial charge is 0.573 e. The monoisotopic (exact) mass is 642 g/mol. The van der Waals surface area contributed by atoms with Crippen LogP contribution in [0.4, 0.5) is 24.5 Å². The number of carboxylic acids is 1. The average Bonchev–Trinajstić information content (AvgIpc) is 3.03. The summed E-state index contributed by atoms with van der Waals surface area (Å²) >= 11 is 0. The number of amidine groups is 1. The number of hydrogen-bond donors (Lipinski definition) is 3. The van der Waals surface area contributed by atoms with E-state index in [1.165, 1.54) is 36.2 Å². The molecule has 14 heteroatoms. The summed E-state index contributed by atoms with van der Waals surface area (Å²) in [4.78, 5) is 40.6. The van der Waals surface area contributed by atoms with E-state index in [0.29, 0.717) is 17.2 Å². The van der Waals surface area contributed by atoms with Gasteiger partial charge >= 0.3 is 12.3 Å². The van der Waals surface area contributed by atoms with Gasteiger partial charge in [-0.25, -0.2) is 9.79 Å². The van der Waals surface area contributed by atoms with Crippen LogP contribution in [0.25, 0.3) is 0 Å². The van der Waals surface area contributed by atoms with Crippen LogP contribution in [0.1, 0.15) is 59.5 Å². The Hall–Kier alpha value is -4.98. The van der Waals surface area contributed by atoms with Crippen molar-refractivity contribution in [3.8, 4) is 5.75 Å². The summed E-state index contributed by atoms with van der Waals surface area (Å²) in [6.45, 7) is -1.09. The van der Waals surface area contributed by atoms with E-state index in [1.54, 1.807) is 17.0 Å². The first-order valence-electron chi connectivity index (χ1n) is 14.6. The number of aliphatic carboxylic acids is 1. The van der Waals surface area contributed by atoms with Crippen LogP contribution in [-0.4, -0.2) is 58.4 Å². The molecule has 0 spiro atoms. The number of nitrogens with zero attached hydrogens (tertiary/aromatic N) is 3. The van der Waals surface area contributed by atoms with Crippen molar-refractivity contribution in [2.45, 2.75) is 57.0 Å². The third kappa shape index (κ3) is 10.0. The lowest BCUT2D eigenvalue weighted by Crippen LogP contribution is -2.36. The fourth-order valence-electron chi connectivity index (χ4n) is 5.18. The van der Waals surface area contributed by atoms with Crippen LogP contribution in [0, 0.1) is 10.1 Å². The van der Waals surface area contributed by atoms with E-state index in [-0.39, 0.29) is 23.6 Å². The standard InChI is InChI=1S/C32H33F3N4O7/c33-32(34,35)46-27-16-12-25(13-17-27)37-29(20-39(44)45)38(26-14-10-23(11-15-26)22-4-2-1-3-5-22)19-21-6-8-24(9-7-21)30(41)36-18-28(40)31(42)43/h6-17,22,28,40H,1-5,18-20H2,(H,36,41)(H,42,43)/t28-/m1/s1. The van der Waals surface area contributed by atoms with Gasteiger partial charge in [-0.3, -0.25) is 14.9 Å². The minimum atomic E-state index is -4.88. The third-order valence-electron chi connectivity index (χ3n) is 7.49. The van der Waals surface area contributed by atoms with Crippen molar-refractivity contribution in [1.29, 1.82) is 0 Å². The van der Waals surface area contributed by atoms with Gasteiger partial charge in [0.25, 0.3) is 12.5 Å². The van der Waals surface area contributed by atoms with E-state index < -0.39 is 48.1 Å². The number of hydrogen-bond acceptors (Lipinski definition) is 7. The molecule has 0 aromatic heterocycles. The Morgan fingerprint density at radius 2 is 1.63 bits per heavy atom. The molecule has 3 N–H and O–H groups in total. The molecule has 11 nitrogen and oxygen atoms in total. The molecule has 0 bridgehead atoms. The molecule has 0 radical (unpaired) electrons. The van der Waals surface area contributed by atoms with Gasteiger partial charge in [-0.05, 0) is 78.4 Å². The Bertz CT molecular complexity index is 1520. The topological polar surface area (TPSA) is 155 Å². The zero-order chi connectivity index (χ0) is 33.3. The van der Waals surface area contributed by atoms with Crippen LogP contribution in [0.15, 0.2) is 77.8 Å². The molecule has 0 heterocycles. The maximum atomic E-state index is 12.6. The minimum Gasteiger partial charge on any atom is -0.479 e. The van der Waals surface area contributed by atoms with Gasteiger partial charge in [-0.1, -0.05) is 43.5 Å². The molecule has 3 aromatic carbocycles. The zero-order valence-electron chi connectivity index (χ0n) is 24.7. The Kier molecular flexibility index (Phi) is 11.3. The Morgan fingerprint density at radius 1 is 1.00 bits per heavy atom. The molecule has 4 rings (SSSR count). The first-order chi connectivity index (χ1) is 21.9. The van der Waals surface area contributed by atoms with E-state index in [0.717, 1.165) is 37.8 Å². The molecular formula is C32H33F3N4O7. The summed E-state index contributed by atoms with van der Waals surface area (Å²) in [5.41, 5.74) is 2.78. The number of aliphatic hydroxyl groups excluding tert-OH is 1. The molecule has 1 fully saturated rings. The van der Waals surface area contributed by atoms with E-state index in [4.69, 9.17) is 5.11 Å². The van der Waals surface area contributed by atoms with Gasteiger partial charge in [0.1, 0.15) is 5.75 Å². The fraction of sp³-hybridized carbons (Fsp3) is 0.344. The van der Waals surface area contributed by atoms with Crippen molar-refractivity contribution in [2.75, 3.05) is 18.0 Å². The number of aliphatic imine (C=N–C) groups is 1. The second-order valence-corrected chi connectivity index (χ2v) is 10.8. The van der Waals surface area contributed by atoms with Crippen molar-refractivity contribution in [3.05, 3.63) is 99.6 Å². The number of ether oxygens (including phenoxy) is 1. The maximum absolute atomic E-state index is 12.6. The molecule has 1 aliphatic carbocycles. The molecular weight excluding hydrogens is 609 g/mol. The molecule has 1 amide bonds. The molecule has 1 atom stereocenters. The lowest BCUT2D eigenvalue weighted by molar-refractivity contribution is -0.463. The number of carbonyl (C=O) groups is 2. The number of aliphatic hydroxyl groups is 1. The SMILES string of the molecule is O=C(NC[C@@H](O)C(=O)O)c1ccc(CN(C(C[N+](=O)[O-])=Nc2ccc(OC(F)(F)F)cc2)c2ccc(C3CCCCC3)cc2)cc1. The molecule has 0 unspecified atom stereocenters. The van der Waals surface area contributed by atoms with Crippen LogP contribution >= 0.6 is 0 Å². The van der Waals surface area contributed by atoms with Gasteiger partial charge in [0.2, 0.25) is 0 Å². The van der Waals surface area contributed by atoms with Crippen molar-refractivity contribution >= 4 is 29.1 Å². The maximum Gasteiger partial charge on any atom is 0.573 e. The van der Waals surface area contributed by atoms with Crippen molar-refractivity contribution in [1.82, 2.24) is 5.32 Å². The van der Waals surface area contributed by atoms with E-state index in [2.05, 4.69) is 15.0 Å². The summed E-state index contributed by atoms with van der Waals surface area (Å²) in [6, 6.07) is 18.6. The summed E-state index contributed by atoms with van der Waals surface area (Å²) < 4.78 is 41.8. The summed E-state index contributed by atoms with van der Waals surface area (Å²) in [7, 11) is 0. The van der Waals surface area contributed by atoms with E-state index in [1.807, 2.05) is 24.3 Å². The van der Waals surface area contributed by atoms with Gasteiger partial charge < -0.3 is 25.2 Å². The molecule has 1 saturated carbocycles. The average molecular weight is 643 g/mol. The van der Waals surface area contributed by atoms with Crippen LogP contribution in [-0.2, 0) is 11.3 Å². The molecule has 244 valence electrons. The zero-order valence-corrected chi connectivity index (χ0v) is 24.7. The Balaban J connectivity index is 1.64. The van der Waals surface area contributed by atoms with Gasteiger partial charge in [-0.15, -0.1) is 13.2 Å². The number of halogens is 3. The first-order valence-corrected chi connectivity index (χ1v) is 14.6. The molecule has 0 aliphatic heterocycles. The predicted octanol–water partition coefficient (Wildman–Crippen LogP) is 5.82. The predicted molar refractivity (Wildman–Crippen MR) is 163 cm³/mol. The van der Waals surface area contributed by atoms with Gasteiger partial charge in [0.05, 0.1) is 12.2 Å². The quantitative estimate of drug-likeness (QED) is 0.0966. The number of rotatable bonds is 12. The summed E-state index contributed by atoms with van der Waals surface area (Å²) in [5, 5.41) is 32.3. The second kappa shape index (κ2) is 15.3. The highest BCUT2D eigenvalue weighted by molar-refractivity contribution is 6.00. The highest BCUT2D eigenvalue weighted by Gasteiger charge is 2.31. The number of nitrogens with one attached hydrogen (secondary N) is 1. The molecule has 3 aromatic rings. The molecule has 1 aliphatic rings. The smallest absolute Gasteiger partial charge is 0.479 e. The summed E-state index contributed by atoms with van der Waals surface area (Å²) in [5.74, 6) is -2.09. The number of carboxylic acid groups (broad SMARTS) is 1. The number of benzene rings is 3. The number of nitro groups is 1. The van der Waals surface area contributed by atoms with Crippen LogP contribution in [0.3, 0.4) is 0 Å². The van der Waals surface area contributed by atoms with Gasteiger partial charge in [-0.2, -0.15) is 0 Å². The van der Waals surface area contributed by atoms with Crippen LogP contribution < -0.4 is 15.0 Å². The van der Waals surface area contributed by atoms with Gasteiger partial charge in [0, 0.05) is 22.7 Å². The molecule has 0 saturated heterocycles. The number of amides is 1. The highest BCUT2D eigenvalue weighted by atomic mass is 19.4. The van der Waals surface area contributed by atoms with E-state index >= 15 is 0 Å². The van der Waals surface area contributed by atoms with E-state index in [9.17, 15) is 38.0 Å². The lowest BCUT2D eigenvalue weighted by Gasteiger charge is -2.26. The van der Waals surface area contributed by atoms with Crippen molar-refractivity contribution in [3.63, 3.8) is 0 Å². The van der Waals surface area contributed by atoms with Crippen LogP contribution in [0.5, 0.6) is 5.75 Å². The lowest BCUT2D eigenvalue weighted by atomic mass is 9.84. The highest BCUT2D eigenvalue weighted by Crippen LogP contribution is 2.34. The van der Waals surface area contributed by atoms with Gasteiger partial charge in [0.15, 0.2) is 11.9 Å².